The lowest BCUT2D eigenvalue weighted by Crippen LogP contribution is -2.29. The highest BCUT2D eigenvalue weighted by Crippen LogP contribution is 2.43. The summed E-state index contributed by atoms with van der Waals surface area (Å²) in [5.74, 6) is 2.28. The van der Waals surface area contributed by atoms with Gasteiger partial charge in [0.15, 0.2) is 5.82 Å². The van der Waals surface area contributed by atoms with E-state index in [2.05, 4.69) is 39.3 Å². The number of hydrogen-bond donors (Lipinski definition) is 0. The molecular weight excluding hydrogens is 274 g/mol. The molecule has 0 N–H and O–H groups in total. The van der Waals surface area contributed by atoms with Crippen molar-refractivity contribution in [2.45, 2.75) is 63.1 Å². The van der Waals surface area contributed by atoms with Crippen LogP contribution in [-0.4, -0.2) is 21.1 Å². The third-order valence-corrected chi connectivity index (χ3v) is 5.25. The van der Waals surface area contributed by atoms with Gasteiger partial charge in [0, 0.05) is 18.0 Å². The van der Waals surface area contributed by atoms with Crippen LogP contribution in [0.25, 0.3) is 0 Å². The van der Waals surface area contributed by atoms with E-state index in [0.29, 0.717) is 18.0 Å². The summed E-state index contributed by atoms with van der Waals surface area (Å²) in [5.41, 5.74) is 3.03. The molecule has 114 valence electrons. The van der Waals surface area contributed by atoms with E-state index in [4.69, 9.17) is 4.52 Å². The minimum atomic E-state index is 0.534. The number of nitrogens with zero attached hydrogens (tertiary/aromatic N) is 3. The molecule has 22 heavy (non-hydrogen) atoms. The summed E-state index contributed by atoms with van der Waals surface area (Å²) >= 11 is 0. The molecule has 2 fully saturated rings. The van der Waals surface area contributed by atoms with Gasteiger partial charge in [-0.05, 0) is 49.7 Å². The van der Waals surface area contributed by atoms with E-state index >= 15 is 0 Å². The van der Waals surface area contributed by atoms with Gasteiger partial charge in [-0.3, -0.25) is 4.90 Å². The van der Waals surface area contributed by atoms with Gasteiger partial charge in [-0.1, -0.05) is 29.4 Å². The van der Waals surface area contributed by atoms with Crippen molar-refractivity contribution >= 4 is 0 Å². The molecule has 4 heteroatoms. The molecule has 0 bridgehead atoms. The van der Waals surface area contributed by atoms with Gasteiger partial charge >= 0.3 is 0 Å². The maximum atomic E-state index is 5.43. The average molecular weight is 295 g/mol. The number of benzene rings is 1. The van der Waals surface area contributed by atoms with Gasteiger partial charge < -0.3 is 4.52 Å². The third kappa shape index (κ3) is 2.26. The summed E-state index contributed by atoms with van der Waals surface area (Å²) in [5, 5.41) is 4.23. The molecule has 1 aromatic heterocycles. The lowest BCUT2D eigenvalue weighted by molar-refractivity contribution is 0.170. The van der Waals surface area contributed by atoms with E-state index in [1.54, 1.807) is 0 Å². The number of fused-ring (bicyclic) bond motifs is 1. The number of hydrogen-bond acceptors (Lipinski definition) is 4. The molecule has 1 aromatic carbocycles. The number of rotatable bonds is 5. The van der Waals surface area contributed by atoms with Crippen LogP contribution in [0.5, 0.6) is 0 Å². The topological polar surface area (TPSA) is 42.2 Å². The first-order chi connectivity index (χ1) is 10.9. The first-order valence-electron chi connectivity index (χ1n) is 8.54. The van der Waals surface area contributed by atoms with Crippen LogP contribution in [0.15, 0.2) is 28.8 Å². The standard InChI is InChI=1S/C18H21N3O/c1-2-4-15-12(3-1)7-10-16(15)21(14-8-9-14)11-17-19-18(22-20-17)13-5-6-13/h1-4,13-14,16H,5-11H2. The molecule has 0 spiro atoms. The molecule has 0 radical (unpaired) electrons. The molecule has 1 unspecified atom stereocenters. The van der Waals surface area contributed by atoms with Gasteiger partial charge in [-0.15, -0.1) is 0 Å². The van der Waals surface area contributed by atoms with Crippen LogP contribution in [0.3, 0.4) is 0 Å². The van der Waals surface area contributed by atoms with Crippen molar-refractivity contribution in [1.82, 2.24) is 15.0 Å². The Balaban J connectivity index is 1.40. The summed E-state index contributed by atoms with van der Waals surface area (Å²) in [6.45, 7) is 0.833. The molecule has 2 aromatic rings. The zero-order chi connectivity index (χ0) is 14.5. The second-order valence-corrected chi connectivity index (χ2v) is 6.98. The smallest absolute Gasteiger partial charge is 0.229 e. The highest BCUT2D eigenvalue weighted by Gasteiger charge is 2.38. The van der Waals surface area contributed by atoms with Crippen LogP contribution in [0.2, 0.25) is 0 Å². The summed E-state index contributed by atoms with van der Waals surface area (Å²) in [6.07, 6.45) is 7.47. The van der Waals surface area contributed by atoms with Gasteiger partial charge in [0.2, 0.25) is 5.89 Å². The van der Waals surface area contributed by atoms with Crippen molar-refractivity contribution in [2.24, 2.45) is 0 Å². The Kier molecular flexibility index (Phi) is 2.87. The average Bonchev–Trinajstić information content (AvgIpc) is 3.47. The van der Waals surface area contributed by atoms with Gasteiger partial charge in [0.25, 0.3) is 0 Å². The lowest BCUT2D eigenvalue weighted by atomic mass is 10.1. The van der Waals surface area contributed by atoms with Gasteiger partial charge in [-0.2, -0.15) is 4.98 Å². The van der Waals surface area contributed by atoms with E-state index < -0.39 is 0 Å². The van der Waals surface area contributed by atoms with Crippen molar-refractivity contribution in [2.75, 3.05) is 0 Å². The molecule has 1 atom stereocenters. The Morgan fingerprint density at radius 3 is 2.77 bits per heavy atom. The van der Waals surface area contributed by atoms with Crippen LogP contribution >= 0.6 is 0 Å². The number of aromatic nitrogens is 2. The second-order valence-electron chi connectivity index (χ2n) is 6.98. The van der Waals surface area contributed by atoms with E-state index in [9.17, 15) is 0 Å². The Hall–Kier alpha value is -1.68. The van der Waals surface area contributed by atoms with Crippen LogP contribution in [0, 0.1) is 0 Å². The van der Waals surface area contributed by atoms with E-state index in [0.717, 1.165) is 18.3 Å². The predicted octanol–water partition coefficient (Wildman–Crippen LogP) is 3.60. The fraction of sp³-hybridized carbons (Fsp3) is 0.556. The summed E-state index contributed by atoms with van der Waals surface area (Å²) in [7, 11) is 0. The van der Waals surface area contributed by atoms with Crippen molar-refractivity contribution in [3.05, 3.63) is 47.1 Å². The summed E-state index contributed by atoms with van der Waals surface area (Å²) in [4.78, 5) is 7.25. The SMILES string of the molecule is c1ccc2c(c1)CCC2N(Cc1noc(C2CC2)n1)C1CC1. The Bertz CT molecular complexity index is 687. The lowest BCUT2D eigenvalue weighted by Gasteiger charge is -2.28. The molecule has 0 aliphatic heterocycles. The molecular formula is C18H21N3O. The van der Waals surface area contributed by atoms with Crippen molar-refractivity contribution in [3.63, 3.8) is 0 Å². The number of aryl methyl sites for hydroxylation is 1. The summed E-state index contributed by atoms with van der Waals surface area (Å²) in [6, 6.07) is 10.1. The van der Waals surface area contributed by atoms with Gasteiger partial charge in [0.1, 0.15) is 0 Å². The zero-order valence-electron chi connectivity index (χ0n) is 12.7. The molecule has 0 saturated heterocycles. The predicted molar refractivity (Wildman–Crippen MR) is 82.3 cm³/mol. The summed E-state index contributed by atoms with van der Waals surface area (Å²) < 4.78 is 5.43. The van der Waals surface area contributed by atoms with Crippen molar-refractivity contribution < 1.29 is 4.52 Å². The fourth-order valence-corrected chi connectivity index (χ4v) is 3.77. The first-order valence-corrected chi connectivity index (χ1v) is 8.54. The monoisotopic (exact) mass is 295 g/mol. The zero-order valence-corrected chi connectivity index (χ0v) is 12.7. The Morgan fingerprint density at radius 2 is 1.95 bits per heavy atom. The van der Waals surface area contributed by atoms with E-state index in [-0.39, 0.29) is 0 Å². The second kappa shape index (κ2) is 4.92. The third-order valence-electron chi connectivity index (χ3n) is 5.25. The minimum absolute atomic E-state index is 0.534. The van der Waals surface area contributed by atoms with Crippen molar-refractivity contribution in [3.8, 4) is 0 Å². The normalized spacial score (nSPS) is 24.0. The highest BCUT2D eigenvalue weighted by atomic mass is 16.5. The maximum absolute atomic E-state index is 5.43. The molecule has 3 aliphatic rings. The van der Waals surface area contributed by atoms with Crippen LogP contribution in [0.4, 0.5) is 0 Å². The maximum Gasteiger partial charge on any atom is 0.229 e. The molecule has 3 aliphatic carbocycles. The Morgan fingerprint density at radius 1 is 1.09 bits per heavy atom. The first kappa shape index (κ1) is 12.8. The van der Waals surface area contributed by atoms with Crippen molar-refractivity contribution in [1.29, 1.82) is 0 Å². The molecule has 0 amide bonds. The molecule has 5 rings (SSSR count). The largest absolute Gasteiger partial charge is 0.339 e. The van der Waals surface area contributed by atoms with Crippen LogP contribution in [-0.2, 0) is 13.0 Å². The van der Waals surface area contributed by atoms with Crippen LogP contribution in [0.1, 0.15) is 66.9 Å². The highest BCUT2D eigenvalue weighted by molar-refractivity contribution is 5.34. The van der Waals surface area contributed by atoms with E-state index in [1.807, 2.05) is 0 Å². The molecule has 1 heterocycles. The molecule has 4 nitrogen and oxygen atoms in total. The minimum Gasteiger partial charge on any atom is -0.339 e. The van der Waals surface area contributed by atoms with Gasteiger partial charge in [0.05, 0.1) is 6.54 Å². The fourth-order valence-electron chi connectivity index (χ4n) is 3.77. The van der Waals surface area contributed by atoms with E-state index in [1.165, 1.54) is 49.7 Å². The van der Waals surface area contributed by atoms with Crippen LogP contribution < -0.4 is 0 Å². The van der Waals surface area contributed by atoms with Gasteiger partial charge in [-0.25, -0.2) is 0 Å². The quantitative estimate of drug-likeness (QED) is 0.845. The Labute approximate surface area is 130 Å². The molecule has 2 saturated carbocycles.